The van der Waals surface area contributed by atoms with Crippen LogP contribution in [0.15, 0.2) is 53.1 Å². The number of ether oxygens (including phenoxy) is 1. The summed E-state index contributed by atoms with van der Waals surface area (Å²) >= 11 is 3.37. The topological polar surface area (TPSA) is 96.1 Å². The second-order valence-corrected chi connectivity index (χ2v) is 8.31. The van der Waals surface area contributed by atoms with Crippen LogP contribution in [0.3, 0.4) is 0 Å². The molecule has 2 amide bonds. The van der Waals surface area contributed by atoms with Gasteiger partial charge in [-0.1, -0.05) is 36.4 Å². The van der Waals surface area contributed by atoms with Gasteiger partial charge in [-0.2, -0.15) is 5.10 Å². The van der Waals surface area contributed by atoms with E-state index in [9.17, 15) is 9.59 Å². The molecule has 0 spiro atoms. The average molecular weight is 459 g/mol. The zero-order chi connectivity index (χ0) is 21.0. The minimum atomic E-state index is -0.598. The van der Waals surface area contributed by atoms with Crippen LogP contribution in [-0.2, 0) is 4.74 Å². The Balaban J connectivity index is 1.79. The molecule has 152 valence electrons. The number of rotatable bonds is 5. The summed E-state index contributed by atoms with van der Waals surface area (Å²) in [6, 6.07) is 14.4. The highest BCUT2D eigenvalue weighted by atomic mass is 79.9. The first-order valence-corrected chi connectivity index (χ1v) is 9.99. The van der Waals surface area contributed by atoms with E-state index in [1.165, 1.54) is 0 Å². The van der Waals surface area contributed by atoms with Crippen LogP contribution in [0, 0.1) is 0 Å². The van der Waals surface area contributed by atoms with Crippen LogP contribution < -0.4 is 10.6 Å². The van der Waals surface area contributed by atoms with Gasteiger partial charge in [0.15, 0.2) is 0 Å². The van der Waals surface area contributed by atoms with Gasteiger partial charge < -0.3 is 15.4 Å². The Hall–Kier alpha value is -2.87. The van der Waals surface area contributed by atoms with E-state index in [1.807, 2.05) is 36.4 Å². The summed E-state index contributed by atoms with van der Waals surface area (Å²) in [5.74, 6) is -0.272. The number of halogens is 1. The molecule has 3 rings (SSSR count). The number of carbonyl (C=O) groups is 2. The van der Waals surface area contributed by atoms with Gasteiger partial charge in [0, 0.05) is 11.9 Å². The molecule has 0 saturated carbocycles. The fourth-order valence-electron chi connectivity index (χ4n) is 2.87. The van der Waals surface area contributed by atoms with Crippen molar-refractivity contribution < 1.29 is 14.3 Å². The van der Waals surface area contributed by atoms with E-state index in [4.69, 9.17) is 4.74 Å². The van der Waals surface area contributed by atoms with Crippen LogP contribution in [-0.4, -0.2) is 34.3 Å². The largest absolute Gasteiger partial charge is 0.444 e. The Kier molecular flexibility index (Phi) is 6.22. The van der Waals surface area contributed by atoms with Crippen molar-refractivity contribution in [1.29, 1.82) is 0 Å². The second-order valence-electron chi connectivity index (χ2n) is 7.56. The lowest BCUT2D eigenvalue weighted by molar-refractivity contribution is 0.0520. The lowest BCUT2D eigenvalue weighted by Crippen LogP contribution is -2.40. The summed E-state index contributed by atoms with van der Waals surface area (Å²) in [5.41, 5.74) is 1.39. The van der Waals surface area contributed by atoms with Gasteiger partial charge in [-0.15, -0.1) is 0 Å². The highest BCUT2D eigenvalue weighted by molar-refractivity contribution is 9.10. The van der Waals surface area contributed by atoms with Gasteiger partial charge in [0.1, 0.15) is 10.2 Å². The van der Waals surface area contributed by atoms with Crippen molar-refractivity contribution in [2.24, 2.45) is 0 Å². The molecular formula is C21H23BrN4O3. The van der Waals surface area contributed by atoms with Crippen molar-refractivity contribution in [2.75, 3.05) is 6.54 Å². The molecule has 3 aromatic rings. The molecule has 0 bridgehead atoms. The number of hydrogen-bond acceptors (Lipinski definition) is 4. The van der Waals surface area contributed by atoms with E-state index >= 15 is 0 Å². The number of H-pyrrole nitrogens is 1. The van der Waals surface area contributed by atoms with Crippen molar-refractivity contribution in [1.82, 2.24) is 20.8 Å². The molecule has 0 fully saturated rings. The van der Waals surface area contributed by atoms with Crippen LogP contribution in [0.2, 0.25) is 0 Å². The molecule has 2 aromatic carbocycles. The first-order valence-electron chi connectivity index (χ1n) is 9.20. The van der Waals surface area contributed by atoms with Gasteiger partial charge in [0.25, 0.3) is 5.91 Å². The average Bonchev–Trinajstić information content (AvgIpc) is 3.05. The summed E-state index contributed by atoms with van der Waals surface area (Å²) in [6.45, 7) is 5.58. The maximum atomic E-state index is 13.0. The van der Waals surface area contributed by atoms with Crippen molar-refractivity contribution in [3.63, 3.8) is 0 Å². The van der Waals surface area contributed by atoms with Crippen LogP contribution in [0.25, 0.3) is 10.9 Å². The van der Waals surface area contributed by atoms with Gasteiger partial charge in [0.2, 0.25) is 0 Å². The SMILES string of the molecule is CC(C)(C)OC(=O)NC[C@@H](NC(=O)c1cccc2c(Br)n[nH]c12)c1ccccc1. The fourth-order valence-corrected chi connectivity index (χ4v) is 3.29. The third-order valence-corrected chi connectivity index (χ3v) is 4.76. The number of hydrogen-bond donors (Lipinski definition) is 3. The van der Waals surface area contributed by atoms with Gasteiger partial charge in [0.05, 0.1) is 17.1 Å². The van der Waals surface area contributed by atoms with Crippen molar-refractivity contribution in [2.45, 2.75) is 32.4 Å². The zero-order valence-corrected chi connectivity index (χ0v) is 18.0. The van der Waals surface area contributed by atoms with E-state index in [2.05, 4.69) is 36.8 Å². The summed E-state index contributed by atoms with van der Waals surface area (Å²) in [7, 11) is 0. The number of para-hydroxylation sites is 1. The van der Waals surface area contributed by atoms with Gasteiger partial charge in [-0.3, -0.25) is 9.89 Å². The van der Waals surface area contributed by atoms with E-state index in [1.54, 1.807) is 32.9 Å². The molecule has 29 heavy (non-hydrogen) atoms. The lowest BCUT2D eigenvalue weighted by Gasteiger charge is -2.23. The van der Waals surface area contributed by atoms with Crippen LogP contribution in [0.4, 0.5) is 4.79 Å². The van der Waals surface area contributed by atoms with Crippen LogP contribution in [0.5, 0.6) is 0 Å². The number of aromatic nitrogens is 2. The lowest BCUT2D eigenvalue weighted by atomic mass is 10.1. The first kappa shape index (κ1) is 20.9. The molecule has 0 radical (unpaired) electrons. The standard InChI is InChI=1S/C21H23BrN4O3/c1-21(2,3)29-20(28)23-12-16(13-8-5-4-6-9-13)24-19(27)15-11-7-10-14-17(15)25-26-18(14)22/h4-11,16H,12H2,1-3H3,(H,23,28)(H,24,27)(H,25,26)/t16-/m1/s1. The smallest absolute Gasteiger partial charge is 0.407 e. The first-order chi connectivity index (χ1) is 13.7. The Labute approximate surface area is 177 Å². The molecule has 1 aromatic heterocycles. The molecule has 0 aliphatic heterocycles. The molecule has 3 N–H and O–H groups in total. The van der Waals surface area contributed by atoms with Crippen LogP contribution >= 0.6 is 15.9 Å². The fraction of sp³-hybridized carbons (Fsp3) is 0.286. The van der Waals surface area contributed by atoms with E-state index in [0.29, 0.717) is 15.7 Å². The third-order valence-electron chi connectivity index (χ3n) is 4.15. The number of nitrogens with zero attached hydrogens (tertiary/aromatic N) is 1. The summed E-state index contributed by atoms with van der Waals surface area (Å²) in [5, 5.41) is 13.5. The summed E-state index contributed by atoms with van der Waals surface area (Å²) in [6.07, 6.45) is -0.535. The molecule has 0 unspecified atom stereocenters. The summed E-state index contributed by atoms with van der Waals surface area (Å²) in [4.78, 5) is 25.1. The number of amides is 2. The Bertz CT molecular complexity index is 1010. The highest BCUT2D eigenvalue weighted by Crippen LogP contribution is 2.24. The number of fused-ring (bicyclic) bond motifs is 1. The zero-order valence-electron chi connectivity index (χ0n) is 16.5. The van der Waals surface area contributed by atoms with E-state index in [0.717, 1.165) is 10.9 Å². The molecule has 8 heteroatoms. The van der Waals surface area contributed by atoms with E-state index in [-0.39, 0.29) is 12.5 Å². The molecule has 7 nitrogen and oxygen atoms in total. The maximum absolute atomic E-state index is 13.0. The second kappa shape index (κ2) is 8.65. The predicted octanol–water partition coefficient (Wildman–Crippen LogP) is 4.32. The minimum Gasteiger partial charge on any atom is -0.444 e. The van der Waals surface area contributed by atoms with Gasteiger partial charge in [-0.05, 0) is 54.4 Å². The maximum Gasteiger partial charge on any atom is 0.407 e. The number of carbonyl (C=O) groups excluding carboxylic acids is 2. The molecule has 1 atom stereocenters. The van der Waals surface area contributed by atoms with Gasteiger partial charge >= 0.3 is 6.09 Å². The Morgan fingerprint density at radius 1 is 1.14 bits per heavy atom. The Morgan fingerprint density at radius 3 is 2.55 bits per heavy atom. The molecule has 1 heterocycles. The normalized spacial score (nSPS) is 12.4. The predicted molar refractivity (Wildman–Crippen MR) is 115 cm³/mol. The minimum absolute atomic E-state index is 0.188. The van der Waals surface area contributed by atoms with Crippen LogP contribution in [0.1, 0.15) is 42.7 Å². The number of nitrogens with one attached hydrogen (secondary N) is 3. The number of alkyl carbamates (subject to hydrolysis) is 1. The molecule has 0 aliphatic rings. The molecule has 0 aliphatic carbocycles. The monoisotopic (exact) mass is 458 g/mol. The molecule has 0 saturated heterocycles. The highest BCUT2D eigenvalue weighted by Gasteiger charge is 2.21. The molecular weight excluding hydrogens is 436 g/mol. The van der Waals surface area contributed by atoms with Crippen molar-refractivity contribution in [3.8, 4) is 0 Å². The third kappa shape index (κ3) is 5.35. The van der Waals surface area contributed by atoms with Crippen molar-refractivity contribution >= 4 is 38.8 Å². The quantitative estimate of drug-likeness (QED) is 0.530. The van der Waals surface area contributed by atoms with Gasteiger partial charge in [-0.25, -0.2) is 4.79 Å². The van der Waals surface area contributed by atoms with E-state index < -0.39 is 17.7 Å². The van der Waals surface area contributed by atoms with Crippen molar-refractivity contribution in [3.05, 3.63) is 64.3 Å². The number of aromatic amines is 1. The summed E-state index contributed by atoms with van der Waals surface area (Å²) < 4.78 is 5.94. The number of benzene rings is 2. The Morgan fingerprint density at radius 2 is 1.86 bits per heavy atom.